The van der Waals surface area contributed by atoms with E-state index < -0.39 is 0 Å². The van der Waals surface area contributed by atoms with Gasteiger partial charge in [-0.25, -0.2) is 0 Å². The second-order valence-electron chi connectivity index (χ2n) is 5.16. The van der Waals surface area contributed by atoms with Gasteiger partial charge in [0.05, 0.1) is 11.6 Å². The number of pyridine rings is 1. The van der Waals surface area contributed by atoms with E-state index in [-0.39, 0.29) is 11.7 Å². The van der Waals surface area contributed by atoms with Crippen LogP contribution in [0.5, 0.6) is 5.75 Å². The zero-order valence-electron chi connectivity index (χ0n) is 12.1. The molecule has 0 bridgehead atoms. The van der Waals surface area contributed by atoms with Crippen LogP contribution in [-0.2, 0) is 6.54 Å². The fraction of sp³-hybridized carbons (Fsp3) is 0.438. The molecular formula is C16H21NO2. The Morgan fingerprint density at radius 2 is 2.00 bits per heavy atom. The van der Waals surface area contributed by atoms with Crippen LogP contribution in [0.2, 0.25) is 0 Å². The first kappa shape index (κ1) is 13.7. The highest BCUT2D eigenvalue weighted by Crippen LogP contribution is 2.23. The SMILES string of the molecule is CCCn1c(=O)cc(C)c2ccc(OC(C)C)cc21. The molecular weight excluding hydrogens is 238 g/mol. The Morgan fingerprint density at radius 3 is 2.63 bits per heavy atom. The van der Waals surface area contributed by atoms with Crippen molar-refractivity contribution in [2.45, 2.75) is 46.8 Å². The van der Waals surface area contributed by atoms with Gasteiger partial charge in [-0.3, -0.25) is 4.79 Å². The number of fused-ring (bicyclic) bond motifs is 1. The molecule has 19 heavy (non-hydrogen) atoms. The van der Waals surface area contributed by atoms with Crippen molar-refractivity contribution in [3.8, 4) is 5.75 Å². The summed E-state index contributed by atoms with van der Waals surface area (Å²) in [5, 5.41) is 1.11. The van der Waals surface area contributed by atoms with Crippen molar-refractivity contribution < 1.29 is 4.74 Å². The second kappa shape index (κ2) is 5.47. The van der Waals surface area contributed by atoms with Crippen LogP contribution in [0.3, 0.4) is 0 Å². The lowest BCUT2D eigenvalue weighted by Crippen LogP contribution is -2.20. The topological polar surface area (TPSA) is 31.2 Å². The van der Waals surface area contributed by atoms with Gasteiger partial charge in [0.2, 0.25) is 0 Å². The number of rotatable bonds is 4. The molecule has 0 aliphatic heterocycles. The molecule has 0 amide bonds. The van der Waals surface area contributed by atoms with Gasteiger partial charge in [-0.2, -0.15) is 0 Å². The summed E-state index contributed by atoms with van der Waals surface area (Å²) in [6.07, 6.45) is 1.07. The van der Waals surface area contributed by atoms with Crippen LogP contribution in [0.15, 0.2) is 29.1 Å². The van der Waals surface area contributed by atoms with Gasteiger partial charge in [0.1, 0.15) is 5.75 Å². The standard InChI is InChI=1S/C16H21NO2/c1-5-8-17-15-10-13(19-11(2)3)6-7-14(15)12(4)9-16(17)18/h6-7,9-11H,5,8H2,1-4H3. The highest BCUT2D eigenvalue weighted by Gasteiger charge is 2.08. The van der Waals surface area contributed by atoms with Crippen molar-refractivity contribution in [1.29, 1.82) is 0 Å². The molecule has 1 aromatic heterocycles. The quantitative estimate of drug-likeness (QED) is 0.841. The summed E-state index contributed by atoms with van der Waals surface area (Å²) >= 11 is 0. The minimum Gasteiger partial charge on any atom is -0.491 e. The van der Waals surface area contributed by atoms with Gasteiger partial charge in [0.15, 0.2) is 0 Å². The predicted molar refractivity (Wildman–Crippen MR) is 79.0 cm³/mol. The van der Waals surface area contributed by atoms with Crippen LogP contribution < -0.4 is 10.3 Å². The van der Waals surface area contributed by atoms with E-state index in [0.29, 0.717) is 0 Å². The molecule has 0 saturated carbocycles. The Morgan fingerprint density at radius 1 is 1.26 bits per heavy atom. The first-order chi connectivity index (χ1) is 9.02. The summed E-state index contributed by atoms with van der Waals surface area (Å²) in [7, 11) is 0. The average Bonchev–Trinajstić information content (AvgIpc) is 2.33. The van der Waals surface area contributed by atoms with Crippen molar-refractivity contribution >= 4 is 10.9 Å². The van der Waals surface area contributed by atoms with Crippen LogP contribution in [0.4, 0.5) is 0 Å². The molecule has 0 atom stereocenters. The van der Waals surface area contributed by atoms with Gasteiger partial charge in [-0.15, -0.1) is 0 Å². The third kappa shape index (κ3) is 2.80. The van der Waals surface area contributed by atoms with E-state index in [1.54, 1.807) is 6.07 Å². The van der Waals surface area contributed by atoms with Gasteiger partial charge < -0.3 is 9.30 Å². The van der Waals surface area contributed by atoms with Gasteiger partial charge in [-0.1, -0.05) is 6.92 Å². The Kier molecular flexibility index (Phi) is 3.93. The maximum absolute atomic E-state index is 12.1. The van der Waals surface area contributed by atoms with Crippen LogP contribution in [-0.4, -0.2) is 10.7 Å². The van der Waals surface area contributed by atoms with E-state index in [1.165, 1.54) is 0 Å². The molecule has 0 radical (unpaired) electrons. The van der Waals surface area contributed by atoms with Crippen LogP contribution in [0.1, 0.15) is 32.8 Å². The van der Waals surface area contributed by atoms with Crippen molar-refractivity contribution in [2.24, 2.45) is 0 Å². The molecule has 0 fully saturated rings. The summed E-state index contributed by atoms with van der Waals surface area (Å²) in [6.45, 7) is 8.79. The molecule has 3 heteroatoms. The number of nitrogens with zero attached hydrogens (tertiary/aromatic N) is 1. The summed E-state index contributed by atoms with van der Waals surface area (Å²) in [6, 6.07) is 7.68. The minimum atomic E-state index is 0.0635. The largest absolute Gasteiger partial charge is 0.491 e. The lowest BCUT2D eigenvalue weighted by Gasteiger charge is -2.14. The first-order valence-corrected chi connectivity index (χ1v) is 6.83. The van der Waals surface area contributed by atoms with Crippen LogP contribution in [0, 0.1) is 6.92 Å². The Balaban J connectivity index is 2.66. The molecule has 0 spiro atoms. The summed E-state index contributed by atoms with van der Waals surface area (Å²) in [5.41, 5.74) is 2.04. The van der Waals surface area contributed by atoms with Crippen molar-refractivity contribution in [3.05, 3.63) is 40.2 Å². The van der Waals surface area contributed by atoms with E-state index in [1.807, 2.05) is 43.5 Å². The van der Waals surface area contributed by atoms with Crippen molar-refractivity contribution in [1.82, 2.24) is 4.57 Å². The number of hydrogen-bond acceptors (Lipinski definition) is 2. The molecule has 2 aromatic rings. The van der Waals surface area contributed by atoms with Gasteiger partial charge in [0, 0.05) is 24.1 Å². The smallest absolute Gasteiger partial charge is 0.251 e. The van der Waals surface area contributed by atoms with Gasteiger partial charge in [0.25, 0.3) is 5.56 Å². The van der Waals surface area contributed by atoms with E-state index in [4.69, 9.17) is 4.74 Å². The Bertz CT molecular complexity index is 641. The Labute approximate surface area is 113 Å². The molecule has 3 nitrogen and oxygen atoms in total. The third-order valence-corrected chi connectivity index (χ3v) is 3.11. The fourth-order valence-electron chi connectivity index (χ4n) is 2.33. The third-order valence-electron chi connectivity index (χ3n) is 3.11. The molecule has 1 heterocycles. The fourth-order valence-corrected chi connectivity index (χ4v) is 2.33. The number of aromatic nitrogens is 1. The molecule has 1 aromatic carbocycles. The highest BCUT2D eigenvalue weighted by atomic mass is 16.5. The first-order valence-electron chi connectivity index (χ1n) is 6.83. The molecule has 0 aliphatic carbocycles. The van der Waals surface area contributed by atoms with E-state index in [9.17, 15) is 4.79 Å². The van der Waals surface area contributed by atoms with Gasteiger partial charge >= 0.3 is 0 Å². The van der Waals surface area contributed by atoms with E-state index in [0.717, 1.165) is 35.2 Å². The average molecular weight is 259 g/mol. The van der Waals surface area contributed by atoms with Crippen molar-refractivity contribution in [3.63, 3.8) is 0 Å². The molecule has 0 aliphatic rings. The summed E-state index contributed by atoms with van der Waals surface area (Å²) in [5.74, 6) is 0.817. The van der Waals surface area contributed by atoms with Crippen LogP contribution in [0.25, 0.3) is 10.9 Å². The zero-order valence-corrected chi connectivity index (χ0v) is 12.1. The number of aryl methyl sites for hydroxylation is 2. The second-order valence-corrected chi connectivity index (χ2v) is 5.16. The molecule has 0 unspecified atom stereocenters. The predicted octanol–water partition coefficient (Wildman–Crippen LogP) is 3.51. The molecule has 2 rings (SSSR count). The summed E-state index contributed by atoms with van der Waals surface area (Å²) in [4.78, 5) is 12.1. The maximum Gasteiger partial charge on any atom is 0.251 e. The highest BCUT2D eigenvalue weighted by molar-refractivity contribution is 5.83. The molecule has 0 N–H and O–H groups in total. The number of hydrogen-bond donors (Lipinski definition) is 0. The Hall–Kier alpha value is -1.77. The monoisotopic (exact) mass is 259 g/mol. The van der Waals surface area contributed by atoms with Crippen molar-refractivity contribution in [2.75, 3.05) is 0 Å². The molecule has 0 saturated heterocycles. The van der Waals surface area contributed by atoms with E-state index >= 15 is 0 Å². The minimum absolute atomic E-state index is 0.0635. The zero-order chi connectivity index (χ0) is 14.0. The number of benzene rings is 1. The summed E-state index contributed by atoms with van der Waals surface area (Å²) < 4.78 is 7.55. The lowest BCUT2D eigenvalue weighted by atomic mass is 10.1. The van der Waals surface area contributed by atoms with E-state index in [2.05, 4.69) is 6.92 Å². The molecule has 102 valence electrons. The number of ether oxygens (including phenoxy) is 1. The van der Waals surface area contributed by atoms with Crippen LogP contribution >= 0.6 is 0 Å². The lowest BCUT2D eigenvalue weighted by molar-refractivity contribution is 0.242. The van der Waals surface area contributed by atoms with Gasteiger partial charge in [-0.05, 0) is 44.9 Å². The normalized spacial score (nSPS) is 11.2. The maximum atomic E-state index is 12.1.